The first kappa shape index (κ1) is 11.8. The maximum Gasteiger partial charge on any atom is 0.134 e. The quantitative estimate of drug-likeness (QED) is 0.807. The third-order valence-corrected chi connectivity index (χ3v) is 2.15. The zero-order valence-electron chi connectivity index (χ0n) is 6.62. The number of halogens is 2. The van der Waals surface area contributed by atoms with Crippen molar-refractivity contribution in [1.82, 2.24) is 0 Å². The number of phenolic OH excluding ortho intramolecular Hbond substituents is 1. The van der Waals surface area contributed by atoms with Crippen LogP contribution in [-0.2, 0) is 0 Å². The molecule has 12 heavy (non-hydrogen) atoms. The molecule has 1 aromatic rings. The van der Waals surface area contributed by atoms with E-state index in [-0.39, 0.29) is 24.2 Å². The van der Waals surface area contributed by atoms with Gasteiger partial charge in [0.2, 0.25) is 0 Å². The van der Waals surface area contributed by atoms with Gasteiger partial charge in [-0.2, -0.15) is 0 Å². The third-order valence-electron chi connectivity index (χ3n) is 1.51. The largest absolute Gasteiger partial charge is 0.506 e. The molecular formula is C8H11BrClNO. The molecule has 0 aromatic heterocycles. The Morgan fingerprint density at radius 2 is 2.08 bits per heavy atom. The summed E-state index contributed by atoms with van der Waals surface area (Å²) in [6, 6.07) is 5.31. The predicted octanol–water partition coefficient (Wildman–Crippen LogP) is 2.60. The molecular weight excluding hydrogens is 241 g/mol. The van der Waals surface area contributed by atoms with Crippen LogP contribution in [0, 0.1) is 0 Å². The molecule has 0 aliphatic heterocycles. The number of para-hydroxylation sites is 1. The van der Waals surface area contributed by atoms with Crippen LogP contribution in [0.25, 0.3) is 0 Å². The van der Waals surface area contributed by atoms with Crippen molar-refractivity contribution in [1.29, 1.82) is 0 Å². The van der Waals surface area contributed by atoms with E-state index in [4.69, 9.17) is 5.73 Å². The maximum absolute atomic E-state index is 9.44. The Morgan fingerprint density at radius 3 is 2.50 bits per heavy atom. The average Bonchev–Trinajstić information content (AvgIpc) is 1.94. The van der Waals surface area contributed by atoms with Gasteiger partial charge >= 0.3 is 0 Å². The van der Waals surface area contributed by atoms with Crippen LogP contribution >= 0.6 is 28.3 Å². The molecule has 4 heteroatoms. The fraction of sp³-hybridized carbons (Fsp3) is 0.250. The van der Waals surface area contributed by atoms with Crippen molar-refractivity contribution < 1.29 is 5.11 Å². The lowest BCUT2D eigenvalue weighted by Gasteiger charge is -2.08. The zero-order chi connectivity index (χ0) is 8.43. The molecule has 0 bridgehead atoms. The van der Waals surface area contributed by atoms with Gasteiger partial charge in [0, 0.05) is 11.6 Å². The van der Waals surface area contributed by atoms with Crippen LogP contribution in [0.3, 0.4) is 0 Å². The van der Waals surface area contributed by atoms with E-state index in [1.165, 1.54) is 0 Å². The summed E-state index contributed by atoms with van der Waals surface area (Å²) < 4.78 is 0.687. The van der Waals surface area contributed by atoms with Gasteiger partial charge in [0.15, 0.2) is 0 Å². The highest BCUT2D eigenvalue weighted by Gasteiger charge is 2.07. The lowest BCUT2D eigenvalue weighted by Crippen LogP contribution is -2.04. The van der Waals surface area contributed by atoms with Crippen LogP contribution in [0.1, 0.15) is 18.5 Å². The van der Waals surface area contributed by atoms with Crippen LogP contribution in [0.4, 0.5) is 0 Å². The van der Waals surface area contributed by atoms with Gasteiger partial charge < -0.3 is 10.8 Å². The normalized spacial score (nSPS) is 11.9. The van der Waals surface area contributed by atoms with Gasteiger partial charge in [-0.25, -0.2) is 0 Å². The van der Waals surface area contributed by atoms with Gasteiger partial charge in [-0.1, -0.05) is 12.1 Å². The van der Waals surface area contributed by atoms with Gasteiger partial charge in [-0.3, -0.25) is 0 Å². The van der Waals surface area contributed by atoms with Crippen molar-refractivity contribution in [3.05, 3.63) is 28.2 Å². The first-order valence-corrected chi connectivity index (χ1v) is 4.15. The molecule has 0 saturated heterocycles. The Labute approximate surface area is 86.3 Å². The second-order valence-electron chi connectivity index (χ2n) is 2.47. The van der Waals surface area contributed by atoms with Crippen LogP contribution in [0.5, 0.6) is 5.75 Å². The Kier molecular flexibility index (Phi) is 4.60. The fourth-order valence-corrected chi connectivity index (χ4v) is 1.28. The van der Waals surface area contributed by atoms with Crippen molar-refractivity contribution in [2.75, 3.05) is 0 Å². The summed E-state index contributed by atoms with van der Waals surface area (Å²) in [5.41, 5.74) is 6.37. The predicted molar refractivity (Wildman–Crippen MR) is 55.7 cm³/mol. The number of rotatable bonds is 1. The van der Waals surface area contributed by atoms with Crippen molar-refractivity contribution in [2.45, 2.75) is 13.0 Å². The fourth-order valence-electron chi connectivity index (χ4n) is 0.899. The van der Waals surface area contributed by atoms with E-state index >= 15 is 0 Å². The van der Waals surface area contributed by atoms with Gasteiger partial charge in [-0.15, -0.1) is 12.4 Å². The van der Waals surface area contributed by atoms with E-state index in [0.717, 1.165) is 5.56 Å². The van der Waals surface area contributed by atoms with Crippen molar-refractivity contribution >= 4 is 28.3 Å². The molecule has 0 radical (unpaired) electrons. The van der Waals surface area contributed by atoms with Crippen molar-refractivity contribution in [3.8, 4) is 5.75 Å². The van der Waals surface area contributed by atoms with Gasteiger partial charge in [-0.05, 0) is 28.9 Å². The van der Waals surface area contributed by atoms with Crippen LogP contribution in [0.15, 0.2) is 22.7 Å². The van der Waals surface area contributed by atoms with E-state index in [1.54, 1.807) is 6.07 Å². The number of nitrogens with two attached hydrogens (primary N) is 1. The smallest absolute Gasteiger partial charge is 0.134 e. The zero-order valence-corrected chi connectivity index (χ0v) is 9.02. The number of phenols is 1. The highest BCUT2D eigenvalue weighted by atomic mass is 79.9. The van der Waals surface area contributed by atoms with E-state index in [2.05, 4.69) is 15.9 Å². The van der Waals surface area contributed by atoms with E-state index in [1.807, 2.05) is 19.1 Å². The molecule has 0 spiro atoms. The monoisotopic (exact) mass is 251 g/mol. The van der Waals surface area contributed by atoms with E-state index in [0.29, 0.717) is 4.47 Å². The summed E-state index contributed by atoms with van der Waals surface area (Å²) in [6.45, 7) is 1.83. The van der Waals surface area contributed by atoms with E-state index in [9.17, 15) is 5.11 Å². The standard InChI is InChI=1S/C8H10BrNO.ClH/c1-5(10)6-3-2-4-7(9)8(6)11;/h2-5,11H,10H2,1H3;1H/t5-;/m1./s1. The molecule has 3 N–H and O–H groups in total. The number of aromatic hydroxyl groups is 1. The van der Waals surface area contributed by atoms with Crippen LogP contribution < -0.4 is 5.73 Å². The Hall–Kier alpha value is -0.250. The maximum atomic E-state index is 9.44. The molecule has 0 saturated carbocycles. The first-order chi connectivity index (χ1) is 5.13. The minimum Gasteiger partial charge on any atom is -0.506 e. The minimum atomic E-state index is -0.132. The van der Waals surface area contributed by atoms with Gasteiger partial charge in [0.05, 0.1) is 4.47 Å². The molecule has 68 valence electrons. The molecule has 1 atom stereocenters. The molecule has 1 rings (SSSR count). The second kappa shape index (κ2) is 4.70. The number of hydrogen-bond donors (Lipinski definition) is 2. The molecule has 0 fully saturated rings. The molecule has 0 aliphatic carbocycles. The van der Waals surface area contributed by atoms with Crippen molar-refractivity contribution in [2.24, 2.45) is 5.73 Å². The number of benzene rings is 1. The average molecular weight is 253 g/mol. The summed E-state index contributed by atoms with van der Waals surface area (Å²) in [6.07, 6.45) is 0. The first-order valence-electron chi connectivity index (χ1n) is 3.36. The van der Waals surface area contributed by atoms with Gasteiger partial charge in [0.1, 0.15) is 5.75 Å². The molecule has 0 amide bonds. The topological polar surface area (TPSA) is 46.2 Å². The summed E-state index contributed by atoms with van der Waals surface area (Å²) in [4.78, 5) is 0. The highest BCUT2D eigenvalue weighted by molar-refractivity contribution is 9.10. The summed E-state index contributed by atoms with van der Waals surface area (Å²) in [7, 11) is 0. The van der Waals surface area contributed by atoms with Crippen LogP contribution in [0.2, 0.25) is 0 Å². The summed E-state index contributed by atoms with van der Waals surface area (Å²) in [5, 5.41) is 9.44. The lowest BCUT2D eigenvalue weighted by atomic mass is 10.1. The highest BCUT2D eigenvalue weighted by Crippen LogP contribution is 2.30. The molecule has 0 heterocycles. The summed E-state index contributed by atoms with van der Waals surface area (Å²) in [5.74, 6) is 0.238. The lowest BCUT2D eigenvalue weighted by molar-refractivity contribution is 0.460. The Morgan fingerprint density at radius 1 is 1.50 bits per heavy atom. The summed E-state index contributed by atoms with van der Waals surface area (Å²) >= 11 is 3.21. The SMILES string of the molecule is C[C@@H](N)c1cccc(Br)c1O.Cl. The minimum absolute atomic E-state index is 0. The van der Waals surface area contributed by atoms with Crippen LogP contribution in [-0.4, -0.2) is 5.11 Å². The molecule has 2 nitrogen and oxygen atoms in total. The van der Waals surface area contributed by atoms with E-state index < -0.39 is 0 Å². The Bertz CT molecular complexity index is 265. The molecule has 0 aliphatic rings. The Balaban J connectivity index is 0.00000121. The second-order valence-corrected chi connectivity index (χ2v) is 3.32. The third kappa shape index (κ3) is 2.37. The molecule has 1 aromatic carbocycles. The van der Waals surface area contributed by atoms with Gasteiger partial charge in [0.25, 0.3) is 0 Å². The number of hydrogen-bond acceptors (Lipinski definition) is 2. The van der Waals surface area contributed by atoms with Crippen molar-refractivity contribution in [3.63, 3.8) is 0 Å². The molecule has 0 unspecified atom stereocenters.